The molecule has 0 aromatic heterocycles. The van der Waals surface area contributed by atoms with Crippen LogP contribution in [0.25, 0.3) is 0 Å². The zero-order valence-electron chi connectivity index (χ0n) is 12.2. The van der Waals surface area contributed by atoms with Crippen LogP contribution in [-0.4, -0.2) is 35.6 Å². The highest BCUT2D eigenvalue weighted by Gasteiger charge is 2.34. The third-order valence-electron chi connectivity index (χ3n) is 4.09. The number of amides is 1. The summed E-state index contributed by atoms with van der Waals surface area (Å²) in [5, 5.41) is 15.0. The van der Waals surface area contributed by atoms with Crippen molar-refractivity contribution >= 4 is 11.9 Å². The predicted molar refractivity (Wildman–Crippen MR) is 73.9 cm³/mol. The maximum Gasteiger partial charge on any atom is 0.326 e. The fraction of sp³-hybridized carbons (Fsp3) is 0.857. The standard InChI is InChI=1S/C14H26N2O3/c1-10(2)12(13(18)19)16-11(17)9-14(15-3)7-5-4-6-8-14/h10,12,15H,4-9H2,1-3H3,(H,16,17)(H,18,19)/t12-/m1/s1. The first-order valence-corrected chi connectivity index (χ1v) is 7.11. The summed E-state index contributed by atoms with van der Waals surface area (Å²) in [6.07, 6.45) is 5.79. The Bertz CT molecular complexity index is 323. The quantitative estimate of drug-likeness (QED) is 0.684. The van der Waals surface area contributed by atoms with Crippen molar-refractivity contribution in [2.75, 3.05) is 7.05 Å². The van der Waals surface area contributed by atoms with E-state index < -0.39 is 12.0 Å². The second-order valence-electron chi connectivity index (χ2n) is 5.90. The first-order valence-electron chi connectivity index (χ1n) is 7.11. The molecule has 0 aliphatic heterocycles. The minimum atomic E-state index is -0.967. The van der Waals surface area contributed by atoms with Crippen LogP contribution in [0.3, 0.4) is 0 Å². The van der Waals surface area contributed by atoms with E-state index in [0.29, 0.717) is 6.42 Å². The Labute approximate surface area is 115 Å². The molecule has 19 heavy (non-hydrogen) atoms. The fourth-order valence-electron chi connectivity index (χ4n) is 2.79. The average molecular weight is 270 g/mol. The molecule has 0 unspecified atom stereocenters. The van der Waals surface area contributed by atoms with Gasteiger partial charge in [0.25, 0.3) is 0 Å². The second kappa shape index (κ2) is 6.89. The van der Waals surface area contributed by atoms with Crippen LogP contribution in [0.1, 0.15) is 52.4 Å². The topological polar surface area (TPSA) is 78.4 Å². The van der Waals surface area contributed by atoms with Gasteiger partial charge in [-0.1, -0.05) is 33.1 Å². The second-order valence-corrected chi connectivity index (χ2v) is 5.90. The van der Waals surface area contributed by atoms with E-state index in [2.05, 4.69) is 10.6 Å². The lowest BCUT2D eigenvalue weighted by Crippen LogP contribution is -2.51. The number of nitrogens with one attached hydrogen (secondary N) is 2. The van der Waals surface area contributed by atoms with Crippen LogP contribution < -0.4 is 10.6 Å². The van der Waals surface area contributed by atoms with Crippen molar-refractivity contribution in [3.63, 3.8) is 0 Å². The highest BCUT2D eigenvalue weighted by Crippen LogP contribution is 2.30. The summed E-state index contributed by atoms with van der Waals surface area (Å²) < 4.78 is 0. The van der Waals surface area contributed by atoms with Crippen molar-refractivity contribution in [3.8, 4) is 0 Å². The largest absolute Gasteiger partial charge is 0.480 e. The lowest BCUT2D eigenvalue weighted by Gasteiger charge is -2.37. The molecule has 0 bridgehead atoms. The first-order chi connectivity index (χ1) is 8.90. The van der Waals surface area contributed by atoms with Gasteiger partial charge in [0, 0.05) is 12.0 Å². The maximum absolute atomic E-state index is 12.1. The van der Waals surface area contributed by atoms with Crippen LogP contribution >= 0.6 is 0 Å². The van der Waals surface area contributed by atoms with Crippen molar-refractivity contribution in [3.05, 3.63) is 0 Å². The molecule has 0 heterocycles. The summed E-state index contributed by atoms with van der Waals surface area (Å²) >= 11 is 0. The number of hydrogen-bond donors (Lipinski definition) is 3. The van der Waals surface area contributed by atoms with Gasteiger partial charge in [-0.25, -0.2) is 4.79 Å². The van der Waals surface area contributed by atoms with Crippen molar-refractivity contribution < 1.29 is 14.7 Å². The van der Waals surface area contributed by atoms with Gasteiger partial charge in [0.15, 0.2) is 0 Å². The number of carbonyl (C=O) groups is 2. The molecule has 5 nitrogen and oxygen atoms in total. The highest BCUT2D eigenvalue weighted by atomic mass is 16.4. The van der Waals surface area contributed by atoms with Crippen molar-refractivity contribution in [2.24, 2.45) is 5.92 Å². The minimum absolute atomic E-state index is 0.113. The number of carboxylic acid groups (broad SMARTS) is 1. The highest BCUT2D eigenvalue weighted by molar-refractivity contribution is 5.84. The van der Waals surface area contributed by atoms with Gasteiger partial charge in [-0.3, -0.25) is 4.79 Å². The zero-order chi connectivity index (χ0) is 14.5. The van der Waals surface area contributed by atoms with E-state index in [1.54, 1.807) is 13.8 Å². The minimum Gasteiger partial charge on any atom is -0.480 e. The fourth-order valence-corrected chi connectivity index (χ4v) is 2.79. The Kier molecular flexibility index (Phi) is 5.79. The molecule has 1 atom stereocenters. The summed E-state index contributed by atoms with van der Waals surface area (Å²) in [6, 6.07) is -0.801. The van der Waals surface area contributed by atoms with E-state index in [4.69, 9.17) is 5.11 Å². The van der Waals surface area contributed by atoms with E-state index >= 15 is 0 Å². The molecule has 1 amide bonds. The molecule has 0 radical (unpaired) electrons. The molecule has 0 saturated heterocycles. The number of rotatable bonds is 6. The summed E-state index contributed by atoms with van der Waals surface area (Å²) in [5.41, 5.74) is -0.150. The van der Waals surface area contributed by atoms with E-state index in [9.17, 15) is 9.59 Å². The number of carbonyl (C=O) groups excluding carboxylic acids is 1. The SMILES string of the molecule is CNC1(CC(=O)N[C@@H](C(=O)O)C(C)C)CCCCC1. The number of aliphatic carboxylic acids is 1. The van der Waals surface area contributed by atoms with Gasteiger partial charge in [-0.15, -0.1) is 0 Å². The smallest absolute Gasteiger partial charge is 0.326 e. The Balaban J connectivity index is 2.59. The monoisotopic (exact) mass is 270 g/mol. The van der Waals surface area contributed by atoms with Gasteiger partial charge in [-0.05, 0) is 25.8 Å². The molecular weight excluding hydrogens is 244 g/mol. The Morgan fingerprint density at radius 2 is 1.79 bits per heavy atom. The summed E-state index contributed by atoms with van der Waals surface area (Å²) in [6.45, 7) is 3.60. The normalized spacial score (nSPS) is 20.0. The van der Waals surface area contributed by atoms with Crippen LogP contribution in [0.2, 0.25) is 0 Å². The van der Waals surface area contributed by atoms with Crippen LogP contribution in [0.4, 0.5) is 0 Å². The van der Waals surface area contributed by atoms with Gasteiger partial charge in [0.2, 0.25) is 5.91 Å². The molecular formula is C14H26N2O3. The molecule has 0 aromatic carbocycles. The average Bonchev–Trinajstić information content (AvgIpc) is 2.36. The first kappa shape index (κ1) is 16.0. The third kappa shape index (κ3) is 4.49. The van der Waals surface area contributed by atoms with Crippen LogP contribution in [-0.2, 0) is 9.59 Å². The maximum atomic E-state index is 12.1. The van der Waals surface area contributed by atoms with Gasteiger partial charge in [0.1, 0.15) is 6.04 Å². The van der Waals surface area contributed by atoms with Gasteiger partial charge < -0.3 is 15.7 Å². The van der Waals surface area contributed by atoms with Crippen LogP contribution in [0.5, 0.6) is 0 Å². The summed E-state index contributed by atoms with van der Waals surface area (Å²) in [4.78, 5) is 23.2. The van der Waals surface area contributed by atoms with Crippen LogP contribution in [0.15, 0.2) is 0 Å². The molecule has 1 saturated carbocycles. The third-order valence-corrected chi connectivity index (χ3v) is 4.09. The van der Waals surface area contributed by atoms with Crippen LogP contribution in [0, 0.1) is 5.92 Å². The van der Waals surface area contributed by atoms with Gasteiger partial charge in [-0.2, -0.15) is 0 Å². The van der Waals surface area contributed by atoms with Gasteiger partial charge >= 0.3 is 5.97 Å². The van der Waals surface area contributed by atoms with E-state index in [1.165, 1.54) is 6.42 Å². The lowest BCUT2D eigenvalue weighted by molar-refractivity contribution is -0.143. The number of hydrogen-bond acceptors (Lipinski definition) is 3. The van der Waals surface area contributed by atoms with Gasteiger partial charge in [0.05, 0.1) is 0 Å². The Morgan fingerprint density at radius 1 is 1.21 bits per heavy atom. The Hall–Kier alpha value is -1.10. The molecule has 0 aromatic rings. The molecule has 3 N–H and O–H groups in total. The zero-order valence-corrected chi connectivity index (χ0v) is 12.2. The molecule has 0 spiro atoms. The van der Waals surface area contributed by atoms with E-state index in [-0.39, 0.29) is 17.4 Å². The van der Waals surface area contributed by atoms with Crippen molar-refractivity contribution in [1.82, 2.24) is 10.6 Å². The molecule has 1 rings (SSSR count). The Morgan fingerprint density at radius 3 is 2.21 bits per heavy atom. The summed E-state index contributed by atoms with van der Waals surface area (Å²) in [7, 11) is 1.88. The molecule has 1 aliphatic rings. The van der Waals surface area contributed by atoms with E-state index in [1.807, 2.05) is 7.05 Å². The van der Waals surface area contributed by atoms with E-state index in [0.717, 1.165) is 25.7 Å². The lowest BCUT2D eigenvalue weighted by atomic mass is 9.79. The number of carboxylic acids is 1. The molecule has 110 valence electrons. The van der Waals surface area contributed by atoms with Crippen molar-refractivity contribution in [2.45, 2.75) is 64.0 Å². The summed E-state index contributed by atoms with van der Waals surface area (Å²) in [5.74, 6) is -1.25. The molecule has 5 heteroatoms. The molecule has 1 aliphatic carbocycles. The molecule has 1 fully saturated rings. The van der Waals surface area contributed by atoms with Crippen molar-refractivity contribution in [1.29, 1.82) is 0 Å². The predicted octanol–water partition coefficient (Wildman–Crippen LogP) is 1.52.